The van der Waals surface area contributed by atoms with Crippen LogP contribution in [0.3, 0.4) is 0 Å². The van der Waals surface area contributed by atoms with Crippen molar-refractivity contribution in [3.63, 3.8) is 0 Å². The van der Waals surface area contributed by atoms with E-state index in [0.29, 0.717) is 6.04 Å². The molecule has 2 aromatic rings. The second-order valence-corrected chi connectivity index (χ2v) is 6.34. The summed E-state index contributed by atoms with van der Waals surface area (Å²) < 4.78 is 7.49. The van der Waals surface area contributed by atoms with E-state index in [4.69, 9.17) is 4.74 Å². The van der Waals surface area contributed by atoms with Gasteiger partial charge in [-0.25, -0.2) is 4.98 Å². The lowest BCUT2D eigenvalue weighted by Gasteiger charge is -2.20. The topological polar surface area (TPSA) is 39.1 Å². The zero-order valence-electron chi connectivity index (χ0n) is 12.3. The van der Waals surface area contributed by atoms with E-state index in [1.807, 2.05) is 30.5 Å². The number of fused-ring (bicyclic) bond motifs is 1. The van der Waals surface area contributed by atoms with Crippen LogP contribution in [-0.2, 0) is 6.54 Å². The third kappa shape index (κ3) is 3.60. The third-order valence-corrected chi connectivity index (χ3v) is 4.98. The monoisotopic (exact) mass is 303 g/mol. The fourth-order valence-corrected chi connectivity index (χ4v) is 3.74. The molecule has 2 heterocycles. The Hall–Kier alpha value is -1.46. The van der Waals surface area contributed by atoms with E-state index in [1.165, 1.54) is 29.1 Å². The molecule has 21 heavy (non-hydrogen) atoms. The van der Waals surface area contributed by atoms with Crippen LogP contribution in [0.5, 0.6) is 5.75 Å². The molecule has 0 fully saturated rings. The highest BCUT2D eigenvalue weighted by Crippen LogP contribution is 2.36. The van der Waals surface area contributed by atoms with Crippen LogP contribution in [0, 0.1) is 0 Å². The molecule has 3 rings (SSSR count). The molecule has 0 aliphatic carbocycles. The third-order valence-electron chi connectivity index (χ3n) is 3.81. The molecule has 0 bridgehead atoms. The first kappa shape index (κ1) is 14.5. The standard InChI is InChI=1S/C16H21N3OS/c1-20-13-4-5-16-14(11-13)15(3-2-10-21-16)18-7-9-19-8-6-17-12-19/h4-6,8,11-12,15,18H,2-3,7,9-10H2,1H3. The first-order valence-electron chi connectivity index (χ1n) is 7.36. The zero-order valence-corrected chi connectivity index (χ0v) is 13.1. The minimum atomic E-state index is 0.411. The van der Waals surface area contributed by atoms with E-state index < -0.39 is 0 Å². The number of methoxy groups -OCH3 is 1. The van der Waals surface area contributed by atoms with E-state index in [0.717, 1.165) is 18.8 Å². The van der Waals surface area contributed by atoms with Crippen molar-refractivity contribution in [2.45, 2.75) is 30.3 Å². The van der Waals surface area contributed by atoms with Crippen molar-refractivity contribution in [1.29, 1.82) is 0 Å². The van der Waals surface area contributed by atoms with Crippen LogP contribution in [-0.4, -0.2) is 29.0 Å². The highest BCUT2D eigenvalue weighted by molar-refractivity contribution is 7.99. The molecule has 1 atom stereocenters. The summed E-state index contributed by atoms with van der Waals surface area (Å²) in [5, 5.41) is 3.69. The molecule has 0 amide bonds. The van der Waals surface area contributed by atoms with Gasteiger partial charge >= 0.3 is 0 Å². The predicted octanol–water partition coefficient (Wildman–Crippen LogP) is 3.11. The predicted molar refractivity (Wildman–Crippen MR) is 85.9 cm³/mol. The molecule has 1 aromatic heterocycles. The molecule has 1 aliphatic rings. The van der Waals surface area contributed by atoms with Crippen molar-refractivity contribution in [3.8, 4) is 5.75 Å². The van der Waals surface area contributed by atoms with Crippen LogP contribution in [0.15, 0.2) is 41.8 Å². The van der Waals surface area contributed by atoms with Crippen molar-refractivity contribution in [1.82, 2.24) is 14.9 Å². The average molecular weight is 303 g/mol. The lowest BCUT2D eigenvalue weighted by atomic mass is 10.0. The molecular weight excluding hydrogens is 282 g/mol. The average Bonchev–Trinajstić information content (AvgIpc) is 2.95. The van der Waals surface area contributed by atoms with E-state index in [1.54, 1.807) is 7.11 Å². The summed E-state index contributed by atoms with van der Waals surface area (Å²) in [4.78, 5) is 5.46. The first-order valence-corrected chi connectivity index (χ1v) is 8.35. The Morgan fingerprint density at radius 3 is 3.24 bits per heavy atom. The largest absolute Gasteiger partial charge is 0.497 e. The molecule has 5 heteroatoms. The molecule has 0 saturated carbocycles. The summed E-state index contributed by atoms with van der Waals surface area (Å²) in [6.07, 6.45) is 8.10. The van der Waals surface area contributed by atoms with E-state index >= 15 is 0 Å². The lowest BCUT2D eigenvalue weighted by molar-refractivity contribution is 0.410. The Balaban J connectivity index is 1.69. The number of hydrogen-bond donors (Lipinski definition) is 1. The molecular formula is C16H21N3OS. The van der Waals surface area contributed by atoms with Crippen LogP contribution in [0.1, 0.15) is 24.4 Å². The first-order chi connectivity index (χ1) is 10.4. The van der Waals surface area contributed by atoms with Gasteiger partial charge in [-0.15, -0.1) is 11.8 Å². The van der Waals surface area contributed by atoms with Crippen LogP contribution < -0.4 is 10.1 Å². The van der Waals surface area contributed by atoms with E-state index in [9.17, 15) is 0 Å². The minimum Gasteiger partial charge on any atom is -0.497 e. The van der Waals surface area contributed by atoms with E-state index in [2.05, 4.69) is 33.1 Å². The summed E-state index contributed by atoms with van der Waals surface area (Å²) in [6.45, 7) is 1.89. The fraction of sp³-hybridized carbons (Fsp3) is 0.438. The number of benzene rings is 1. The van der Waals surface area contributed by atoms with Crippen LogP contribution in [0.25, 0.3) is 0 Å². The van der Waals surface area contributed by atoms with Crippen molar-refractivity contribution < 1.29 is 4.74 Å². The van der Waals surface area contributed by atoms with E-state index in [-0.39, 0.29) is 0 Å². The molecule has 1 aliphatic heterocycles. The number of hydrogen-bond acceptors (Lipinski definition) is 4. The molecule has 0 saturated heterocycles. The van der Waals surface area contributed by atoms with Crippen molar-refractivity contribution in [3.05, 3.63) is 42.5 Å². The van der Waals surface area contributed by atoms with Gasteiger partial charge in [-0.1, -0.05) is 0 Å². The summed E-state index contributed by atoms with van der Waals surface area (Å²) >= 11 is 1.95. The number of imidazole rings is 1. The highest BCUT2D eigenvalue weighted by Gasteiger charge is 2.19. The Morgan fingerprint density at radius 2 is 2.43 bits per heavy atom. The molecule has 0 radical (unpaired) electrons. The fourth-order valence-electron chi connectivity index (χ4n) is 2.68. The second kappa shape index (κ2) is 7.00. The molecule has 0 spiro atoms. The quantitative estimate of drug-likeness (QED) is 0.921. The Kier molecular flexibility index (Phi) is 4.83. The van der Waals surface area contributed by atoms with Crippen molar-refractivity contribution >= 4 is 11.8 Å². The van der Waals surface area contributed by atoms with Gasteiger partial charge in [0.2, 0.25) is 0 Å². The molecule has 4 nitrogen and oxygen atoms in total. The van der Waals surface area contributed by atoms with Gasteiger partial charge in [-0.2, -0.15) is 0 Å². The number of aromatic nitrogens is 2. The van der Waals surface area contributed by atoms with Gasteiger partial charge in [0.1, 0.15) is 5.75 Å². The smallest absolute Gasteiger partial charge is 0.119 e. The Morgan fingerprint density at radius 1 is 1.48 bits per heavy atom. The van der Waals surface area contributed by atoms with Crippen LogP contribution >= 0.6 is 11.8 Å². The normalized spacial score (nSPS) is 18.0. The van der Waals surface area contributed by atoms with Crippen LogP contribution in [0.2, 0.25) is 0 Å². The molecule has 112 valence electrons. The maximum atomic E-state index is 5.38. The number of nitrogens with zero attached hydrogens (tertiary/aromatic N) is 2. The van der Waals surface area contributed by atoms with Crippen LogP contribution in [0.4, 0.5) is 0 Å². The minimum absolute atomic E-state index is 0.411. The number of rotatable bonds is 5. The summed E-state index contributed by atoms with van der Waals surface area (Å²) in [5.74, 6) is 2.14. The van der Waals surface area contributed by atoms with Gasteiger partial charge in [0, 0.05) is 36.4 Å². The summed E-state index contributed by atoms with van der Waals surface area (Å²) in [7, 11) is 1.73. The number of nitrogens with one attached hydrogen (secondary N) is 1. The second-order valence-electron chi connectivity index (χ2n) is 5.20. The van der Waals surface area contributed by atoms with Gasteiger partial charge in [-0.05, 0) is 42.4 Å². The van der Waals surface area contributed by atoms with Crippen molar-refractivity contribution in [2.75, 3.05) is 19.4 Å². The summed E-state index contributed by atoms with van der Waals surface area (Å²) in [5.41, 5.74) is 1.38. The summed E-state index contributed by atoms with van der Waals surface area (Å²) in [6, 6.07) is 6.84. The molecule has 1 N–H and O–H groups in total. The Bertz CT molecular complexity index is 571. The van der Waals surface area contributed by atoms with Gasteiger partial charge < -0.3 is 14.6 Å². The molecule has 1 aromatic carbocycles. The SMILES string of the molecule is COc1ccc2c(c1)C(NCCn1ccnc1)CCCS2. The molecule has 1 unspecified atom stereocenters. The maximum absolute atomic E-state index is 5.38. The van der Waals surface area contributed by atoms with Gasteiger partial charge in [-0.3, -0.25) is 0 Å². The number of ether oxygens (including phenoxy) is 1. The number of thioether (sulfide) groups is 1. The van der Waals surface area contributed by atoms with Gasteiger partial charge in [0.15, 0.2) is 0 Å². The highest BCUT2D eigenvalue weighted by atomic mass is 32.2. The Labute approximate surface area is 129 Å². The van der Waals surface area contributed by atoms with Crippen molar-refractivity contribution in [2.24, 2.45) is 0 Å². The zero-order chi connectivity index (χ0) is 14.5. The lowest BCUT2D eigenvalue weighted by Crippen LogP contribution is -2.25. The van der Waals surface area contributed by atoms with Gasteiger partial charge in [0.25, 0.3) is 0 Å². The van der Waals surface area contributed by atoms with Gasteiger partial charge in [0.05, 0.1) is 13.4 Å². The maximum Gasteiger partial charge on any atom is 0.119 e.